The van der Waals surface area contributed by atoms with Gasteiger partial charge in [-0.25, -0.2) is 14.8 Å². The number of likely N-dealkylation sites (tertiary alicyclic amines) is 1. The molecule has 1 aliphatic heterocycles. The molecule has 4 rings (SSSR count). The third-order valence-electron chi connectivity index (χ3n) is 6.43. The van der Waals surface area contributed by atoms with E-state index in [1.807, 2.05) is 45.0 Å². The highest BCUT2D eigenvalue weighted by Crippen LogP contribution is 2.30. The molecule has 2 aromatic rings. The number of aromatic nitrogens is 2. The third-order valence-corrected chi connectivity index (χ3v) is 6.73. The van der Waals surface area contributed by atoms with Gasteiger partial charge in [-0.15, -0.1) is 0 Å². The minimum absolute atomic E-state index is 0.189. The van der Waals surface area contributed by atoms with E-state index >= 15 is 0 Å². The number of halogens is 1. The van der Waals surface area contributed by atoms with Crippen LogP contribution in [0.4, 0.5) is 16.4 Å². The lowest BCUT2D eigenvalue weighted by Gasteiger charge is -2.34. The summed E-state index contributed by atoms with van der Waals surface area (Å²) in [5.74, 6) is 1.54. The number of carbonyl (C=O) groups excluding carboxylic acids is 1. The lowest BCUT2D eigenvalue weighted by molar-refractivity contribution is 0.0210. The van der Waals surface area contributed by atoms with E-state index in [1.54, 1.807) is 11.1 Å². The molecule has 0 radical (unpaired) electrons. The fourth-order valence-corrected chi connectivity index (χ4v) is 4.75. The van der Waals surface area contributed by atoms with Gasteiger partial charge >= 0.3 is 6.09 Å². The molecule has 8 nitrogen and oxygen atoms in total. The summed E-state index contributed by atoms with van der Waals surface area (Å²) in [6.45, 7) is 6.94. The van der Waals surface area contributed by atoms with Crippen LogP contribution in [0, 0.1) is 0 Å². The molecule has 35 heavy (non-hydrogen) atoms. The molecule has 1 aliphatic carbocycles. The largest absolute Gasteiger partial charge is 0.444 e. The molecule has 0 spiro atoms. The van der Waals surface area contributed by atoms with Crippen molar-refractivity contribution >= 4 is 29.3 Å². The Balaban J connectivity index is 1.37. The highest BCUT2D eigenvalue weighted by molar-refractivity contribution is 6.33. The second-order valence-electron chi connectivity index (χ2n) is 10.5. The van der Waals surface area contributed by atoms with Crippen molar-refractivity contribution in [2.24, 2.45) is 0 Å². The average molecular weight is 502 g/mol. The monoisotopic (exact) mass is 501 g/mol. The molecule has 2 fully saturated rings. The molecule has 1 saturated carbocycles. The standard InChI is InChI=1S/C26H36ClN5O3/c1-26(2,3)35-25(34)32-13-11-18(12-14-32)29-23-6-4-5-22(31-23)20-15-24(28-16-21(20)27)30-17-7-9-19(33)10-8-17/h4-6,15-19,33H,7-14H2,1-3H3,(H,28,30)(H,29,31)/t17-,19-. The number of ether oxygens (including phenoxy) is 1. The number of pyridine rings is 2. The molecule has 2 aromatic heterocycles. The zero-order valence-corrected chi connectivity index (χ0v) is 21.5. The van der Waals surface area contributed by atoms with Gasteiger partial charge in [-0.2, -0.15) is 0 Å². The fraction of sp³-hybridized carbons (Fsp3) is 0.577. The molecule has 0 bridgehead atoms. The highest BCUT2D eigenvalue weighted by Gasteiger charge is 2.27. The van der Waals surface area contributed by atoms with Gasteiger partial charge in [-0.1, -0.05) is 17.7 Å². The highest BCUT2D eigenvalue weighted by atomic mass is 35.5. The Morgan fingerprint density at radius 2 is 1.71 bits per heavy atom. The smallest absolute Gasteiger partial charge is 0.410 e. The normalized spacial score (nSPS) is 21.5. The van der Waals surface area contributed by atoms with Crippen molar-refractivity contribution in [2.75, 3.05) is 23.7 Å². The van der Waals surface area contributed by atoms with E-state index < -0.39 is 5.60 Å². The van der Waals surface area contributed by atoms with Crippen LogP contribution in [0.1, 0.15) is 59.3 Å². The van der Waals surface area contributed by atoms with Gasteiger partial charge in [0.2, 0.25) is 0 Å². The van der Waals surface area contributed by atoms with Gasteiger partial charge in [-0.05, 0) is 77.5 Å². The molecule has 3 N–H and O–H groups in total. The first kappa shape index (κ1) is 25.5. The van der Waals surface area contributed by atoms with E-state index in [4.69, 9.17) is 21.3 Å². The van der Waals surface area contributed by atoms with Gasteiger partial charge in [0.1, 0.15) is 17.2 Å². The predicted molar refractivity (Wildman–Crippen MR) is 139 cm³/mol. The Kier molecular flexibility index (Phi) is 8.02. The van der Waals surface area contributed by atoms with Crippen LogP contribution in [0.3, 0.4) is 0 Å². The zero-order chi connectivity index (χ0) is 25.0. The van der Waals surface area contributed by atoms with Crippen LogP contribution >= 0.6 is 11.6 Å². The first-order chi connectivity index (χ1) is 16.7. The van der Waals surface area contributed by atoms with Crippen molar-refractivity contribution in [2.45, 2.75) is 83.1 Å². The molecule has 0 atom stereocenters. The summed E-state index contributed by atoms with van der Waals surface area (Å²) >= 11 is 6.50. The molecule has 2 aliphatic rings. The Bertz CT molecular complexity index is 1010. The van der Waals surface area contributed by atoms with E-state index in [-0.39, 0.29) is 18.2 Å². The number of aliphatic hydroxyl groups excluding tert-OH is 1. The molecule has 0 unspecified atom stereocenters. The number of hydrogen-bond acceptors (Lipinski definition) is 7. The van der Waals surface area contributed by atoms with Crippen molar-refractivity contribution in [3.63, 3.8) is 0 Å². The van der Waals surface area contributed by atoms with Gasteiger partial charge in [0, 0.05) is 36.9 Å². The maximum atomic E-state index is 12.3. The number of carbonyl (C=O) groups is 1. The first-order valence-electron chi connectivity index (χ1n) is 12.5. The number of anilines is 2. The summed E-state index contributed by atoms with van der Waals surface area (Å²) in [6.07, 6.45) is 6.33. The zero-order valence-electron chi connectivity index (χ0n) is 20.8. The summed E-state index contributed by atoms with van der Waals surface area (Å²) in [5.41, 5.74) is 1.11. The molecule has 1 saturated heterocycles. The molecule has 3 heterocycles. The van der Waals surface area contributed by atoms with Gasteiger partial charge in [0.25, 0.3) is 0 Å². The van der Waals surface area contributed by atoms with Crippen LogP contribution in [-0.4, -0.2) is 62.9 Å². The Labute approximate surface area is 212 Å². The van der Waals surface area contributed by atoms with Crippen LogP contribution in [0.15, 0.2) is 30.5 Å². The van der Waals surface area contributed by atoms with Crippen molar-refractivity contribution < 1.29 is 14.6 Å². The van der Waals surface area contributed by atoms with Gasteiger partial charge in [0.05, 0.1) is 16.8 Å². The van der Waals surface area contributed by atoms with Crippen LogP contribution in [0.5, 0.6) is 0 Å². The SMILES string of the molecule is CC(C)(C)OC(=O)N1CCC(Nc2cccc(-c3cc(N[C@H]4CC[C@H](O)CC4)ncc3Cl)n2)CC1. The number of aliphatic hydroxyl groups is 1. The number of amides is 1. The van der Waals surface area contributed by atoms with Gasteiger partial charge in [0.15, 0.2) is 0 Å². The number of piperidine rings is 1. The van der Waals surface area contributed by atoms with Crippen LogP contribution in [0.25, 0.3) is 11.3 Å². The molecule has 0 aromatic carbocycles. The number of nitrogens with one attached hydrogen (secondary N) is 2. The predicted octanol–water partition coefficient (Wildman–Crippen LogP) is 5.32. The minimum Gasteiger partial charge on any atom is -0.444 e. The molecule has 190 valence electrons. The lowest BCUT2D eigenvalue weighted by Crippen LogP contribution is -2.44. The minimum atomic E-state index is -0.487. The number of hydrogen-bond donors (Lipinski definition) is 3. The Morgan fingerprint density at radius 1 is 1.06 bits per heavy atom. The van der Waals surface area contributed by atoms with Crippen LogP contribution < -0.4 is 10.6 Å². The number of nitrogens with zero attached hydrogens (tertiary/aromatic N) is 3. The van der Waals surface area contributed by atoms with Gasteiger partial charge < -0.3 is 25.4 Å². The topological polar surface area (TPSA) is 99.6 Å². The summed E-state index contributed by atoms with van der Waals surface area (Å²) in [7, 11) is 0. The fourth-order valence-electron chi connectivity index (χ4n) is 4.55. The van der Waals surface area contributed by atoms with Crippen molar-refractivity contribution in [1.82, 2.24) is 14.9 Å². The van der Waals surface area contributed by atoms with Crippen molar-refractivity contribution in [1.29, 1.82) is 0 Å². The van der Waals surface area contributed by atoms with Crippen LogP contribution in [0.2, 0.25) is 5.02 Å². The van der Waals surface area contributed by atoms with Gasteiger partial charge in [-0.3, -0.25) is 0 Å². The summed E-state index contributed by atoms with van der Waals surface area (Å²) in [4.78, 5) is 23.3. The van der Waals surface area contributed by atoms with E-state index in [0.29, 0.717) is 24.2 Å². The molecular weight excluding hydrogens is 466 g/mol. The summed E-state index contributed by atoms with van der Waals surface area (Å²) in [5, 5.41) is 17.3. The molecule has 9 heteroatoms. The Hall–Kier alpha value is -2.58. The quantitative estimate of drug-likeness (QED) is 0.509. The lowest BCUT2D eigenvalue weighted by atomic mass is 9.93. The Morgan fingerprint density at radius 3 is 2.40 bits per heavy atom. The van der Waals surface area contributed by atoms with Crippen molar-refractivity contribution in [3.8, 4) is 11.3 Å². The first-order valence-corrected chi connectivity index (χ1v) is 12.9. The second kappa shape index (κ2) is 11.0. The maximum Gasteiger partial charge on any atom is 0.410 e. The average Bonchev–Trinajstić information content (AvgIpc) is 2.81. The van der Waals surface area contributed by atoms with E-state index in [1.165, 1.54) is 0 Å². The van der Waals surface area contributed by atoms with E-state index in [9.17, 15) is 9.90 Å². The maximum absolute atomic E-state index is 12.3. The summed E-state index contributed by atoms with van der Waals surface area (Å²) < 4.78 is 5.49. The summed E-state index contributed by atoms with van der Waals surface area (Å²) in [6, 6.07) is 8.32. The third kappa shape index (κ3) is 7.21. The molecule has 1 amide bonds. The van der Waals surface area contributed by atoms with E-state index in [0.717, 1.165) is 61.4 Å². The number of rotatable bonds is 5. The molecular formula is C26H36ClN5O3. The van der Waals surface area contributed by atoms with Crippen molar-refractivity contribution in [3.05, 3.63) is 35.5 Å². The van der Waals surface area contributed by atoms with E-state index in [2.05, 4.69) is 15.6 Å². The second-order valence-corrected chi connectivity index (χ2v) is 10.9. The van der Waals surface area contributed by atoms with Crippen LogP contribution in [-0.2, 0) is 4.74 Å².